The highest BCUT2D eigenvalue weighted by molar-refractivity contribution is 6.19. The van der Waals surface area contributed by atoms with Gasteiger partial charge in [-0.1, -0.05) is 127 Å². The zero-order valence-electron chi connectivity index (χ0n) is 27.1. The molecule has 0 unspecified atom stereocenters. The topological polar surface area (TPSA) is 46.6 Å². The minimum atomic E-state index is -0.380. The third kappa shape index (κ3) is 4.55. The van der Waals surface area contributed by atoms with E-state index < -0.39 is 0 Å². The van der Waals surface area contributed by atoms with Crippen LogP contribution in [0.15, 0.2) is 186 Å². The van der Waals surface area contributed by atoms with E-state index in [4.69, 9.17) is 9.98 Å². The molecular formula is C45H31N5. The normalized spacial score (nSPS) is 13.5. The van der Waals surface area contributed by atoms with Gasteiger partial charge < -0.3 is 14.5 Å². The minimum Gasteiger partial charge on any atom is -0.324 e. The number of fused-ring (bicyclic) bond motifs is 6. The number of aromatic nitrogens is 2. The summed E-state index contributed by atoms with van der Waals surface area (Å²) in [5.41, 5.74) is 10.1. The van der Waals surface area contributed by atoms with E-state index in [2.05, 4.69) is 154 Å². The van der Waals surface area contributed by atoms with Crippen LogP contribution in [0.5, 0.6) is 0 Å². The second-order valence-corrected chi connectivity index (χ2v) is 12.7. The van der Waals surface area contributed by atoms with E-state index in [0.29, 0.717) is 0 Å². The first-order valence-electron chi connectivity index (χ1n) is 17.0. The smallest absolute Gasteiger partial charge is 0.169 e. The van der Waals surface area contributed by atoms with E-state index in [1.165, 1.54) is 43.6 Å². The minimum absolute atomic E-state index is 0.380. The van der Waals surface area contributed by atoms with Crippen molar-refractivity contribution in [2.75, 3.05) is 0 Å². The van der Waals surface area contributed by atoms with Crippen LogP contribution in [0.1, 0.15) is 22.9 Å². The van der Waals surface area contributed by atoms with Crippen molar-refractivity contribution < 1.29 is 0 Å². The standard InChI is InChI=1S/C45H31N5/c1-4-14-30(15-5-1)43-46-44(31-16-6-2-7-17-31)48-45(47-43)32-24-26-34(27-25-32)50-40-23-13-11-21-36(40)38-28-37-35-20-10-12-22-39(35)49(41(37)29-42(38)50)33-18-8-3-9-19-33/h1-29,45H,(H,46,47,48). The zero-order chi connectivity index (χ0) is 33.0. The molecule has 2 aromatic heterocycles. The Kier molecular flexibility index (Phi) is 6.49. The number of rotatable bonds is 5. The number of hydrogen-bond donors (Lipinski definition) is 1. The largest absolute Gasteiger partial charge is 0.324 e. The van der Waals surface area contributed by atoms with Gasteiger partial charge in [0, 0.05) is 44.0 Å². The molecule has 50 heavy (non-hydrogen) atoms. The van der Waals surface area contributed by atoms with Crippen molar-refractivity contribution in [1.29, 1.82) is 0 Å². The van der Waals surface area contributed by atoms with Gasteiger partial charge in [-0.2, -0.15) is 0 Å². The first-order valence-corrected chi connectivity index (χ1v) is 17.0. The highest BCUT2D eigenvalue weighted by atomic mass is 15.2. The molecular weight excluding hydrogens is 611 g/mol. The highest BCUT2D eigenvalue weighted by Crippen LogP contribution is 2.39. The van der Waals surface area contributed by atoms with Gasteiger partial charge in [-0.05, 0) is 54.1 Å². The van der Waals surface area contributed by atoms with Gasteiger partial charge in [-0.15, -0.1) is 0 Å². The van der Waals surface area contributed by atoms with Gasteiger partial charge in [0.25, 0.3) is 0 Å². The van der Waals surface area contributed by atoms with Crippen LogP contribution in [-0.4, -0.2) is 20.8 Å². The lowest BCUT2D eigenvalue weighted by atomic mass is 10.1. The van der Waals surface area contributed by atoms with Crippen LogP contribution in [0.3, 0.4) is 0 Å². The molecule has 236 valence electrons. The Morgan fingerprint density at radius 1 is 0.380 bits per heavy atom. The molecule has 1 aliphatic heterocycles. The Morgan fingerprint density at radius 3 is 1.34 bits per heavy atom. The first kappa shape index (κ1) is 28.3. The van der Waals surface area contributed by atoms with E-state index in [1.807, 2.05) is 36.4 Å². The third-order valence-electron chi connectivity index (χ3n) is 9.76. The third-order valence-corrected chi connectivity index (χ3v) is 9.76. The predicted octanol–water partition coefficient (Wildman–Crippen LogP) is 10.4. The lowest BCUT2D eigenvalue weighted by molar-refractivity contribution is 0.755. The molecule has 1 aliphatic rings. The van der Waals surface area contributed by atoms with Gasteiger partial charge in [-0.25, -0.2) is 9.98 Å². The van der Waals surface area contributed by atoms with Gasteiger partial charge in [0.05, 0.1) is 22.1 Å². The Hall–Kier alpha value is -6.72. The summed E-state index contributed by atoms with van der Waals surface area (Å²) in [6.45, 7) is 0. The number of aliphatic imine (C=N–C) groups is 2. The molecule has 0 atom stereocenters. The van der Waals surface area contributed by atoms with Gasteiger partial charge in [-0.3, -0.25) is 0 Å². The number of amidine groups is 2. The number of benzene rings is 7. The molecule has 5 nitrogen and oxygen atoms in total. The maximum Gasteiger partial charge on any atom is 0.169 e. The van der Waals surface area contributed by atoms with Crippen LogP contribution < -0.4 is 5.32 Å². The molecule has 3 heterocycles. The number of hydrogen-bond acceptors (Lipinski definition) is 3. The van der Waals surface area contributed by atoms with Crippen molar-refractivity contribution in [1.82, 2.24) is 14.5 Å². The van der Waals surface area contributed by atoms with E-state index >= 15 is 0 Å². The summed E-state index contributed by atoms with van der Waals surface area (Å²) in [7, 11) is 0. The Labute approximate surface area is 289 Å². The van der Waals surface area contributed by atoms with Crippen LogP contribution in [-0.2, 0) is 0 Å². The fraction of sp³-hybridized carbons (Fsp3) is 0.0222. The second kappa shape index (κ2) is 11.5. The molecule has 0 amide bonds. The van der Waals surface area contributed by atoms with Crippen molar-refractivity contribution in [3.05, 3.63) is 193 Å². The summed E-state index contributed by atoms with van der Waals surface area (Å²) in [5.74, 6) is 1.63. The van der Waals surface area contributed by atoms with Crippen LogP contribution in [0.2, 0.25) is 0 Å². The Balaban J connectivity index is 1.14. The summed E-state index contributed by atoms with van der Waals surface area (Å²) >= 11 is 0. The molecule has 1 N–H and O–H groups in total. The fourth-order valence-corrected chi connectivity index (χ4v) is 7.44. The van der Waals surface area contributed by atoms with Crippen molar-refractivity contribution in [2.45, 2.75) is 6.17 Å². The van der Waals surface area contributed by atoms with E-state index in [0.717, 1.165) is 39.7 Å². The molecule has 10 rings (SSSR count). The summed E-state index contributed by atoms with van der Waals surface area (Å²) in [6, 6.07) is 62.1. The zero-order valence-corrected chi connectivity index (χ0v) is 27.1. The quantitative estimate of drug-likeness (QED) is 0.200. The van der Waals surface area contributed by atoms with Crippen molar-refractivity contribution in [3.63, 3.8) is 0 Å². The summed E-state index contributed by atoms with van der Waals surface area (Å²) in [6.07, 6.45) is -0.380. The van der Waals surface area contributed by atoms with Crippen LogP contribution in [0, 0.1) is 0 Å². The predicted molar refractivity (Wildman–Crippen MR) is 207 cm³/mol. The molecule has 0 spiro atoms. The average Bonchev–Trinajstić information content (AvgIpc) is 3.70. The Morgan fingerprint density at radius 2 is 0.820 bits per heavy atom. The maximum atomic E-state index is 5.09. The molecule has 0 saturated heterocycles. The van der Waals surface area contributed by atoms with Gasteiger partial charge >= 0.3 is 0 Å². The van der Waals surface area contributed by atoms with Crippen LogP contribution in [0.25, 0.3) is 55.0 Å². The van der Waals surface area contributed by atoms with Crippen LogP contribution in [0.4, 0.5) is 0 Å². The van der Waals surface area contributed by atoms with Gasteiger partial charge in [0.1, 0.15) is 11.7 Å². The highest BCUT2D eigenvalue weighted by Gasteiger charge is 2.22. The molecule has 5 heteroatoms. The number of nitrogens with zero attached hydrogens (tertiary/aromatic N) is 4. The van der Waals surface area contributed by atoms with Gasteiger partial charge in [0.2, 0.25) is 0 Å². The number of nitrogens with one attached hydrogen (secondary N) is 1. The second-order valence-electron chi connectivity index (χ2n) is 12.7. The monoisotopic (exact) mass is 641 g/mol. The summed E-state index contributed by atoms with van der Waals surface area (Å²) < 4.78 is 4.78. The summed E-state index contributed by atoms with van der Waals surface area (Å²) in [5, 5.41) is 8.47. The molecule has 0 saturated carbocycles. The molecule has 0 aliphatic carbocycles. The molecule has 0 bridgehead atoms. The molecule has 0 fully saturated rings. The molecule has 0 radical (unpaired) electrons. The first-order chi connectivity index (χ1) is 24.8. The fourth-order valence-electron chi connectivity index (χ4n) is 7.44. The maximum absolute atomic E-state index is 5.09. The molecule has 7 aromatic carbocycles. The average molecular weight is 642 g/mol. The SMILES string of the molecule is c1ccc(C2=NC(c3ccc(-n4c5ccccc5c5cc6c7ccccc7n(-c7ccccc7)c6cc54)cc3)N=C(c3ccccc3)N2)cc1. The van der Waals surface area contributed by atoms with E-state index in [-0.39, 0.29) is 6.17 Å². The molecule has 9 aromatic rings. The van der Waals surface area contributed by atoms with Crippen LogP contribution >= 0.6 is 0 Å². The van der Waals surface area contributed by atoms with Crippen molar-refractivity contribution in [2.24, 2.45) is 9.98 Å². The Bertz CT molecular complexity index is 2700. The lowest BCUT2D eigenvalue weighted by Crippen LogP contribution is -2.35. The van der Waals surface area contributed by atoms with Gasteiger partial charge in [0.15, 0.2) is 6.17 Å². The lowest BCUT2D eigenvalue weighted by Gasteiger charge is -2.22. The van der Waals surface area contributed by atoms with E-state index in [1.54, 1.807) is 0 Å². The number of para-hydroxylation sites is 3. The van der Waals surface area contributed by atoms with Crippen molar-refractivity contribution in [3.8, 4) is 11.4 Å². The van der Waals surface area contributed by atoms with Crippen molar-refractivity contribution >= 4 is 55.3 Å². The van der Waals surface area contributed by atoms with E-state index in [9.17, 15) is 0 Å². The summed E-state index contributed by atoms with van der Waals surface area (Å²) in [4.78, 5) is 10.2.